The van der Waals surface area contributed by atoms with Crippen molar-refractivity contribution in [1.82, 2.24) is 74.2 Å². The second kappa shape index (κ2) is 35.4. The van der Waals surface area contributed by atoms with Gasteiger partial charge in [-0.2, -0.15) is 15.3 Å². The van der Waals surface area contributed by atoms with Gasteiger partial charge >= 0.3 is 19.1 Å². The van der Waals surface area contributed by atoms with Crippen LogP contribution in [0.2, 0.25) is 0 Å². The van der Waals surface area contributed by atoms with Crippen molar-refractivity contribution < 1.29 is 65.3 Å². The Labute approximate surface area is 651 Å². The molecule has 0 atom stereocenters. The van der Waals surface area contributed by atoms with Gasteiger partial charge in [0.2, 0.25) is 0 Å². The second-order valence-electron chi connectivity index (χ2n) is 26.2. The number of carboxylic acid groups (broad SMARTS) is 1. The fraction of sp³-hybridized carbons (Fsp3) is 0.221. The lowest BCUT2D eigenvalue weighted by Crippen LogP contribution is -2.41. The Bertz CT molecular complexity index is 5690. The number of nitrogens with zero attached hydrogens (tertiary/aromatic N) is 12. The molecule has 112 heavy (non-hydrogen) atoms. The van der Waals surface area contributed by atoms with Gasteiger partial charge in [0.15, 0.2) is 29.1 Å². The average molecular weight is 1640 g/mol. The van der Waals surface area contributed by atoms with Crippen molar-refractivity contribution in [3.63, 3.8) is 0 Å². The highest BCUT2D eigenvalue weighted by Crippen LogP contribution is 2.37. The molecule has 12 N–H and O–H groups in total. The van der Waals surface area contributed by atoms with Crippen molar-refractivity contribution >= 4 is 103 Å². The van der Waals surface area contributed by atoms with E-state index in [4.69, 9.17) is 56.3 Å². The van der Waals surface area contributed by atoms with Gasteiger partial charge in [0.05, 0.1) is 108 Å². The fourth-order valence-corrected chi connectivity index (χ4v) is 11.6. The number of hydrogen-bond donors (Lipinski definition) is 8. The number of carboxylic acids is 1. The van der Waals surface area contributed by atoms with Crippen molar-refractivity contribution in [2.75, 3.05) is 45.1 Å². The number of carbonyl (C=O) groups excluding carboxylic acids is 2. The number of hydrogen-bond acceptors (Lipinski definition) is 22. The highest BCUT2D eigenvalue weighted by atomic mass is 127. The first-order valence-corrected chi connectivity index (χ1v) is 35.6. The molecule has 10 heterocycles. The summed E-state index contributed by atoms with van der Waals surface area (Å²) in [7, 11) is 4.38. The number of anilines is 3. The third-order valence-corrected chi connectivity index (χ3v) is 18.4. The number of Topliss-reactive ketones (excluding diaryl/α,β-unsaturated/α-hetero) is 1. The number of nitrogens with one attached hydrogen (secondary N) is 3. The van der Waals surface area contributed by atoms with Crippen LogP contribution in [0.15, 0.2) is 165 Å². The SMILES string of the molecule is CCOC(=O)Cn1cc(B2OC(C)(C)C(C)(C)O2)cn1.COc1ccc2nc(-c3cc(-c4cnn(CC(=O)CCc5ccc(F)c(F)c5)c4)cnc3N)[nH]c2c1.COc1ccc2nc(-c3cc(-c4cnn(CC(=O)O)c4)cnc3N)[nH]c2c1.COc1ccc2nc(-c3cc(I)cnc3N)[nH]c2c1.NCc1ccc(F)c(F)c1. The average Bonchev–Trinajstić information content (AvgIpc) is 1.63. The van der Waals surface area contributed by atoms with Gasteiger partial charge in [-0.25, -0.2) is 47.5 Å². The fourth-order valence-electron chi connectivity index (χ4n) is 11.2. The number of aryl methyl sites for hydroxylation is 1. The van der Waals surface area contributed by atoms with Crippen molar-refractivity contribution in [3.8, 4) is 73.7 Å². The summed E-state index contributed by atoms with van der Waals surface area (Å²) in [5.74, 6) is 0.367. The summed E-state index contributed by atoms with van der Waals surface area (Å²) in [4.78, 5) is 70.8. The number of carbonyl (C=O) groups is 3. The lowest BCUT2D eigenvalue weighted by molar-refractivity contribution is -0.144. The maximum absolute atomic E-state index is 13.4. The third-order valence-electron chi connectivity index (χ3n) is 17.8. The summed E-state index contributed by atoms with van der Waals surface area (Å²) in [6.07, 6.45) is 15.5. The van der Waals surface area contributed by atoms with Crippen LogP contribution in [-0.4, -0.2) is 143 Å². The topological polar surface area (TPSA) is 409 Å². The van der Waals surface area contributed by atoms with Crippen LogP contribution in [0.1, 0.15) is 52.2 Å². The number of benzene rings is 5. The molecule has 0 bridgehead atoms. The van der Waals surface area contributed by atoms with Gasteiger partial charge in [0.1, 0.15) is 65.3 Å². The van der Waals surface area contributed by atoms with E-state index in [2.05, 4.69) is 82.7 Å². The lowest BCUT2D eigenvalue weighted by Gasteiger charge is -2.32. The first-order chi connectivity index (χ1) is 53.6. The molecule has 9 aromatic heterocycles. The number of ether oxygens (including phenoxy) is 4. The van der Waals surface area contributed by atoms with E-state index in [-0.39, 0.29) is 55.6 Å². The number of aromatic nitrogens is 15. The van der Waals surface area contributed by atoms with E-state index in [1.807, 2.05) is 100 Å². The van der Waals surface area contributed by atoms with E-state index >= 15 is 0 Å². The highest BCUT2D eigenvalue weighted by molar-refractivity contribution is 14.1. The number of halogens is 5. The molecule has 14 aromatic rings. The van der Waals surface area contributed by atoms with Crippen molar-refractivity contribution in [1.29, 1.82) is 0 Å². The van der Waals surface area contributed by atoms with Crippen molar-refractivity contribution in [3.05, 3.63) is 203 Å². The van der Waals surface area contributed by atoms with Gasteiger partial charge in [-0.15, -0.1) is 0 Å². The number of rotatable bonds is 20. The summed E-state index contributed by atoms with van der Waals surface area (Å²) < 4.78 is 88.8. The minimum Gasteiger partial charge on any atom is -0.497 e. The predicted molar refractivity (Wildman–Crippen MR) is 422 cm³/mol. The van der Waals surface area contributed by atoms with Crippen LogP contribution in [0.5, 0.6) is 17.2 Å². The molecule has 0 unspecified atom stereocenters. The predicted octanol–water partition coefficient (Wildman–Crippen LogP) is 11.7. The number of nitrogen functional groups attached to an aromatic ring is 3. The van der Waals surface area contributed by atoms with Gasteiger partial charge in [0, 0.05) is 106 Å². The number of aromatic amines is 3. The van der Waals surface area contributed by atoms with E-state index in [0.717, 1.165) is 106 Å². The van der Waals surface area contributed by atoms with E-state index in [9.17, 15) is 31.9 Å². The zero-order valence-electron chi connectivity index (χ0n) is 61.8. The Morgan fingerprint density at radius 1 is 0.527 bits per heavy atom. The normalized spacial score (nSPS) is 12.6. The van der Waals surface area contributed by atoms with E-state index < -0.39 is 36.4 Å². The third kappa shape index (κ3) is 19.9. The molecular weight excluding hydrogens is 1560 g/mol. The zero-order valence-corrected chi connectivity index (χ0v) is 64.0. The minimum absolute atomic E-state index is 0.0599. The van der Waals surface area contributed by atoms with Crippen LogP contribution < -0.4 is 42.6 Å². The smallest absolute Gasteiger partial charge is 0.497 e. The number of H-pyrrole nitrogens is 3. The first kappa shape index (κ1) is 80.4. The molecule has 1 aliphatic heterocycles. The Balaban J connectivity index is 0.000000146. The quantitative estimate of drug-likeness (QED) is 0.0152. The number of pyridine rings is 3. The largest absolute Gasteiger partial charge is 0.498 e. The Morgan fingerprint density at radius 2 is 0.955 bits per heavy atom. The van der Waals surface area contributed by atoms with Gasteiger partial charge in [-0.3, -0.25) is 28.4 Å². The molecule has 1 fully saturated rings. The standard InChI is InChI=1S/C26H22F2N6O2.C18H16N6O3.C13H21BN2O4.C13H11IN4O.C7H7F2N/c1-36-19-5-7-23-24(10-19)33-26(32-23)20-9-16(11-30-25(20)29)17-12-31-34(13-17)14-18(35)4-2-15-3-6-21(27)22(28)8-15;1-27-12-2-3-14-15(5-12)23-18(22-14)13-4-10(6-20-17(13)19)11-7-21-24(8-11)9-16(25)26;1-6-18-11(17)9-16-8-10(7-15-16)14-19-12(2,3)13(4,5)20-14;1-19-8-2-3-10-11(5-8)18-13(17-10)9-4-7(14)6-16-12(9)15;8-6-2-1-5(4-10)3-7(6)9/h3,5-13H,2,4,14H2,1H3,(H2,29,30)(H,32,33);2-8H,9H2,1H3,(H2,19,20)(H,22,23)(H,25,26);7-8H,6,9H2,1-5H3;2-6H,1H3,(H2,15,16)(H,17,18);1-3H,4,10H2. The van der Waals surface area contributed by atoms with Crippen LogP contribution in [0, 0.1) is 26.8 Å². The van der Waals surface area contributed by atoms with Gasteiger partial charge in [0.25, 0.3) is 0 Å². The summed E-state index contributed by atoms with van der Waals surface area (Å²) in [6.45, 7) is 10.3. The Morgan fingerprint density at radius 3 is 1.40 bits per heavy atom. The molecule has 1 saturated heterocycles. The maximum Gasteiger partial charge on any atom is 0.498 e. The van der Waals surface area contributed by atoms with E-state index in [1.54, 1.807) is 84.0 Å². The Hall–Kier alpha value is -12.6. The molecule has 0 amide bonds. The summed E-state index contributed by atoms with van der Waals surface area (Å²) in [5, 5.41) is 21.3. The molecule has 29 nitrogen and oxygen atoms in total. The molecule has 0 aliphatic carbocycles. The van der Waals surface area contributed by atoms with Crippen LogP contribution in [0.4, 0.5) is 35.0 Å². The molecule has 578 valence electrons. The van der Waals surface area contributed by atoms with Gasteiger partial charge in [-0.05, 0) is 154 Å². The molecule has 1 aliphatic rings. The van der Waals surface area contributed by atoms with E-state index in [1.165, 1.54) is 26.2 Å². The number of fused-ring (bicyclic) bond motifs is 3. The molecule has 0 saturated carbocycles. The number of ketones is 1. The molecule has 0 spiro atoms. The molecule has 0 radical (unpaired) electrons. The van der Waals surface area contributed by atoms with Crippen LogP contribution in [0.25, 0.3) is 89.5 Å². The number of aliphatic carboxylic acids is 1. The van der Waals surface area contributed by atoms with Gasteiger partial charge in [-0.1, -0.05) is 12.1 Å². The summed E-state index contributed by atoms with van der Waals surface area (Å²) in [5.41, 5.74) is 34.5. The van der Waals surface area contributed by atoms with Crippen LogP contribution in [-0.2, 0) is 61.0 Å². The molecular formula is C77H77BF4IN19O10. The van der Waals surface area contributed by atoms with Crippen molar-refractivity contribution in [2.45, 2.75) is 84.8 Å². The van der Waals surface area contributed by atoms with E-state index in [0.29, 0.717) is 76.0 Å². The maximum atomic E-state index is 13.4. The van der Waals surface area contributed by atoms with Crippen LogP contribution >= 0.6 is 22.6 Å². The minimum atomic E-state index is -0.960. The number of methoxy groups -OCH3 is 3. The number of imidazole rings is 3. The van der Waals surface area contributed by atoms with Crippen LogP contribution in [0.3, 0.4) is 0 Å². The summed E-state index contributed by atoms with van der Waals surface area (Å²) in [6, 6.07) is 29.7. The monoisotopic (exact) mass is 1640 g/mol. The lowest BCUT2D eigenvalue weighted by atomic mass is 9.82. The summed E-state index contributed by atoms with van der Waals surface area (Å²) >= 11 is 2.20. The molecule has 15 rings (SSSR count). The van der Waals surface area contributed by atoms with Crippen molar-refractivity contribution in [2.24, 2.45) is 5.73 Å². The number of nitrogens with two attached hydrogens (primary N) is 4. The molecule has 5 aromatic carbocycles. The molecule has 35 heteroatoms. The highest BCUT2D eigenvalue weighted by Gasteiger charge is 2.52. The Kier molecular flexibility index (Phi) is 25.4. The zero-order chi connectivity index (χ0) is 80.1. The number of esters is 1. The van der Waals surface area contributed by atoms with Gasteiger partial charge < -0.3 is 71.2 Å². The second-order valence-corrected chi connectivity index (χ2v) is 27.4. The first-order valence-electron chi connectivity index (χ1n) is 34.5.